The first-order chi connectivity index (χ1) is 16.2. The number of hydrogen-bond acceptors (Lipinski definition) is 0. The molecule has 0 bridgehead atoms. The lowest BCUT2D eigenvalue weighted by atomic mass is 9.55. The highest BCUT2D eigenvalue weighted by Crippen LogP contribution is 2.55. The number of benzene rings is 3. The molecule has 0 spiro atoms. The molecule has 0 unspecified atom stereocenters. The largest absolute Gasteiger partial charge is 0.212 e. The van der Waals surface area contributed by atoms with Gasteiger partial charge in [0.2, 0.25) is 5.69 Å². The fraction of sp³-hybridized carbons (Fsp3) is 0.323. The average molecular weight is 424 g/mol. The molecule has 0 N–H and O–H groups in total. The van der Waals surface area contributed by atoms with E-state index < -0.39 is 6.85 Å². The summed E-state index contributed by atoms with van der Waals surface area (Å²) in [7, 11) is 1.94. The Balaban J connectivity index is 1.82. The molecule has 1 aliphatic rings. The standard InChI is InChI=1S/C31H34N/c1-19-14-29(32(8)18-21(19)3)24-17-26-25-15-22-11-9-10-12-23(22)16-28(25)31(6,7)30(4,5)27(26)13-20(24)2/h9-18H,1-8H3/q+1/i3D3. The summed E-state index contributed by atoms with van der Waals surface area (Å²) in [5.41, 5.74) is 9.76. The Labute approximate surface area is 197 Å². The predicted molar refractivity (Wildman–Crippen MR) is 136 cm³/mol. The molecular weight excluding hydrogens is 386 g/mol. The molecule has 5 rings (SSSR count). The molecule has 0 radical (unpaired) electrons. The molecule has 1 aromatic heterocycles. The van der Waals surface area contributed by atoms with E-state index in [0.29, 0.717) is 5.56 Å². The maximum absolute atomic E-state index is 7.90. The zero-order valence-corrected chi connectivity index (χ0v) is 20.2. The lowest BCUT2D eigenvalue weighted by Crippen LogP contribution is -2.43. The van der Waals surface area contributed by atoms with Gasteiger partial charge in [-0.15, -0.1) is 0 Å². The van der Waals surface area contributed by atoms with E-state index in [9.17, 15) is 0 Å². The molecular formula is C31H34N+. The number of rotatable bonds is 1. The van der Waals surface area contributed by atoms with Gasteiger partial charge in [-0.1, -0.05) is 58.0 Å². The van der Waals surface area contributed by atoms with Gasteiger partial charge in [0, 0.05) is 21.3 Å². The number of aromatic nitrogens is 1. The summed E-state index contributed by atoms with van der Waals surface area (Å²) < 4.78 is 25.7. The van der Waals surface area contributed by atoms with E-state index >= 15 is 0 Å². The molecule has 1 nitrogen and oxygen atoms in total. The minimum absolute atomic E-state index is 0.0457. The smallest absolute Gasteiger partial charge is 0.201 e. The van der Waals surface area contributed by atoms with Gasteiger partial charge in [0.1, 0.15) is 7.05 Å². The first-order valence-corrected chi connectivity index (χ1v) is 11.4. The van der Waals surface area contributed by atoms with Crippen molar-refractivity contribution in [1.82, 2.24) is 0 Å². The highest BCUT2D eigenvalue weighted by molar-refractivity contribution is 5.93. The summed E-state index contributed by atoms with van der Waals surface area (Å²) in [6, 6.07) is 20.0. The fourth-order valence-corrected chi connectivity index (χ4v) is 5.39. The Morgan fingerprint density at radius 3 is 1.94 bits per heavy atom. The average Bonchev–Trinajstić information content (AvgIpc) is 2.77. The topological polar surface area (TPSA) is 3.88 Å². The number of aryl methyl sites for hydroxylation is 4. The number of nitrogens with zero attached hydrogens (tertiary/aromatic N) is 1. The van der Waals surface area contributed by atoms with Gasteiger partial charge in [-0.05, 0) is 93.9 Å². The zero-order chi connectivity index (χ0) is 25.5. The van der Waals surface area contributed by atoms with Gasteiger partial charge < -0.3 is 0 Å². The third kappa shape index (κ3) is 2.80. The van der Waals surface area contributed by atoms with Crippen LogP contribution in [0.4, 0.5) is 0 Å². The molecule has 0 saturated heterocycles. The van der Waals surface area contributed by atoms with E-state index in [1.54, 1.807) is 6.20 Å². The van der Waals surface area contributed by atoms with E-state index in [4.69, 9.17) is 4.11 Å². The van der Waals surface area contributed by atoms with E-state index in [-0.39, 0.29) is 10.8 Å². The van der Waals surface area contributed by atoms with E-state index in [2.05, 4.69) is 83.1 Å². The monoisotopic (exact) mass is 423 g/mol. The van der Waals surface area contributed by atoms with Crippen LogP contribution in [0.2, 0.25) is 0 Å². The Kier molecular flexibility index (Phi) is 3.73. The molecule has 1 aliphatic carbocycles. The van der Waals surface area contributed by atoms with Gasteiger partial charge in [-0.2, -0.15) is 0 Å². The van der Waals surface area contributed by atoms with Crippen molar-refractivity contribution in [3.05, 3.63) is 88.6 Å². The second-order valence-electron chi connectivity index (χ2n) is 10.6. The first kappa shape index (κ1) is 17.6. The zero-order valence-electron chi connectivity index (χ0n) is 23.2. The van der Waals surface area contributed by atoms with Gasteiger partial charge in [-0.3, -0.25) is 0 Å². The molecule has 4 aromatic rings. The summed E-state index contributed by atoms with van der Waals surface area (Å²) in [6.45, 7) is 11.4. The Morgan fingerprint density at radius 1 is 0.688 bits per heavy atom. The Hall–Kier alpha value is -2.93. The van der Waals surface area contributed by atoms with Gasteiger partial charge in [0.25, 0.3) is 0 Å². The van der Waals surface area contributed by atoms with Gasteiger partial charge in [0.05, 0.1) is 0 Å². The van der Waals surface area contributed by atoms with Crippen molar-refractivity contribution in [2.24, 2.45) is 7.05 Å². The van der Waals surface area contributed by atoms with Crippen molar-refractivity contribution in [3.63, 3.8) is 0 Å². The normalized spacial score (nSPS) is 17.8. The van der Waals surface area contributed by atoms with Crippen molar-refractivity contribution in [2.45, 2.75) is 59.2 Å². The maximum atomic E-state index is 7.90. The summed E-state index contributed by atoms with van der Waals surface area (Å²) in [6.07, 6.45) is 1.77. The molecule has 0 fully saturated rings. The summed E-state index contributed by atoms with van der Waals surface area (Å²) >= 11 is 0. The van der Waals surface area contributed by atoms with Crippen LogP contribution < -0.4 is 4.57 Å². The minimum atomic E-state index is -2.12. The Morgan fingerprint density at radius 2 is 1.28 bits per heavy atom. The lowest BCUT2D eigenvalue weighted by Gasteiger charge is -2.48. The first-order valence-electron chi connectivity index (χ1n) is 12.9. The van der Waals surface area contributed by atoms with E-state index in [1.807, 2.05) is 24.6 Å². The molecule has 1 heteroatoms. The van der Waals surface area contributed by atoms with E-state index in [0.717, 1.165) is 16.8 Å². The van der Waals surface area contributed by atoms with Crippen molar-refractivity contribution in [3.8, 4) is 22.4 Å². The SMILES string of the molecule is [2H]C([2H])([2H])c1c[n+](C)c(-c2cc3c(cc2C)C(C)(C)C(C)(C)c2cc4ccccc4cc2-3)cc1C. The van der Waals surface area contributed by atoms with Crippen LogP contribution in [-0.2, 0) is 17.9 Å². The van der Waals surface area contributed by atoms with Crippen LogP contribution >= 0.6 is 0 Å². The van der Waals surface area contributed by atoms with Crippen molar-refractivity contribution < 1.29 is 8.68 Å². The molecule has 0 saturated carbocycles. The molecule has 0 aliphatic heterocycles. The van der Waals surface area contributed by atoms with Gasteiger partial charge in [0.15, 0.2) is 6.20 Å². The third-order valence-electron chi connectivity index (χ3n) is 8.21. The predicted octanol–water partition coefficient (Wildman–Crippen LogP) is 7.49. The lowest BCUT2D eigenvalue weighted by molar-refractivity contribution is -0.660. The number of pyridine rings is 1. The highest BCUT2D eigenvalue weighted by atomic mass is 14.9. The van der Waals surface area contributed by atoms with Crippen LogP contribution in [0.15, 0.2) is 60.8 Å². The van der Waals surface area contributed by atoms with Crippen LogP contribution in [0.5, 0.6) is 0 Å². The number of fused-ring (bicyclic) bond motifs is 4. The summed E-state index contributed by atoms with van der Waals surface area (Å²) in [5.74, 6) is 0. The molecule has 1 heterocycles. The van der Waals surface area contributed by atoms with Crippen LogP contribution in [0, 0.1) is 20.7 Å². The highest BCUT2D eigenvalue weighted by Gasteiger charge is 2.46. The molecule has 3 aromatic carbocycles. The van der Waals surface area contributed by atoms with Crippen molar-refractivity contribution in [2.75, 3.05) is 0 Å². The van der Waals surface area contributed by atoms with Crippen molar-refractivity contribution >= 4 is 10.8 Å². The number of hydrogen-bond donors (Lipinski definition) is 0. The minimum Gasteiger partial charge on any atom is -0.201 e. The third-order valence-corrected chi connectivity index (χ3v) is 8.21. The van der Waals surface area contributed by atoms with Crippen LogP contribution in [0.1, 0.15) is 59.6 Å². The second-order valence-corrected chi connectivity index (χ2v) is 10.6. The van der Waals surface area contributed by atoms with Crippen LogP contribution in [-0.4, -0.2) is 0 Å². The molecule has 0 atom stereocenters. The Bertz CT molecular complexity index is 1510. The molecule has 162 valence electrons. The fourth-order valence-electron chi connectivity index (χ4n) is 5.39. The van der Waals surface area contributed by atoms with Gasteiger partial charge >= 0.3 is 0 Å². The van der Waals surface area contributed by atoms with Crippen molar-refractivity contribution in [1.29, 1.82) is 0 Å². The molecule has 0 amide bonds. The maximum Gasteiger partial charge on any atom is 0.212 e. The second kappa shape index (κ2) is 6.78. The van der Waals surface area contributed by atoms with Crippen LogP contribution in [0.3, 0.4) is 0 Å². The summed E-state index contributed by atoms with van der Waals surface area (Å²) in [4.78, 5) is 0. The quantitative estimate of drug-likeness (QED) is 0.279. The van der Waals surface area contributed by atoms with E-state index in [1.165, 1.54) is 38.6 Å². The van der Waals surface area contributed by atoms with Gasteiger partial charge in [-0.25, -0.2) is 4.57 Å². The summed E-state index contributed by atoms with van der Waals surface area (Å²) in [5, 5.41) is 2.52. The van der Waals surface area contributed by atoms with Crippen LogP contribution in [0.25, 0.3) is 33.2 Å². The molecule has 32 heavy (non-hydrogen) atoms.